The Kier molecular flexibility index (Phi) is 4.76. The fraction of sp³-hybridized carbons (Fsp3) is 0.929. The summed E-state index contributed by atoms with van der Waals surface area (Å²) < 4.78 is 14.6. The second kappa shape index (κ2) is 5.55. The summed E-state index contributed by atoms with van der Waals surface area (Å²) in [6.07, 6.45) is 1.53. The zero-order valence-corrected chi connectivity index (χ0v) is 12.4. The molecule has 0 bridgehead atoms. The molecule has 0 atom stereocenters. The van der Waals surface area contributed by atoms with Crippen molar-refractivity contribution < 1.29 is 9.18 Å². The van der Waals surface area contributed by atoms with Crippen LogP contribution in [0.3, 0.4) is 0 Å². The molecule has 1 amide bonds. The van der Waals surface area contributed by atoms with Crippen molar-refractivity contribution in [1.29, 1.82) is 0 Å². The number of likely N-dealkylation sites (tertiary alicyclic amines) is 1. The Morgan fingerprint density at radius 2 is 1.78 bits per heavy atom. The van der Waals surface area contributed by atoms with Crippen LogP contribution < -0.4 is 0 Å². The molecule has 0 N–H and O–H groups in total. The molecule has 1 aliphatic heterocycles. The van der Waals surface area contributed by atoms with Crippen LogP contribution in [0.2, 0.25) is 0 Å². The molecule has 18 heavy (non-hydrogen) atoms. The predicted molar refractivity (Wildman–Crippen MR) is 72.3 cm³/mol. The summed E-state index contributed by atoms with van der Waals surface area (Å²) in [7, 11) is 3.75. The number of carbonyl (C=O) groups is 1. The summed E-state index contributed by atoms with van der Waals surface area (Å²) in [5.74, 6) is 0.109. The molecule has 1 rings (SSSR count). The van der Waals surface area contributed by atoms with E-state index in [1.807, 2.05) is 19.0 Å². The van der Waals surface area contributed by atoms with Crippen molar-refractivity contribution in [2.45, 2.75) is 45.7 Å². The third-order valence-electron chi connectivity index (χ3n) is 3.31. The smallest absolute Gasteiger partial charge is 0.236 e. The van der Waals surface area contributed by atoms with Crippen molar-refractivity contribution in [2.75, 3.05) is 33.7 Å². The van der Waals surface area contributed by atoms with E-state index < -0.39 is 5.67 Å². The maximum absolute atomic E-state index is 14.6. The van der Waals surface area contributed by atoms with Crippen LogP contribution >= 0.6 is 0 Å². The van der Waals surface area contributed by atoms with Gasteiger partial charge in [0.2, 0.25) is 5.91 Å². The first kappa shape index (κ1) is 15.4. The molecule has 0 spiro atoms. The third-order valence-corrected chi connectivity index (χ3v) is 3.31. The molecule has 0 radical (unpaired) electrons. The van der Waals surface area contributed by atoms with Crippen LogP contribution in [-0.2, 0) is 4.79 Å². The van der Waals surface area contributed by atoms with E-state index in [9.17, 15) is 9.18 Å². The second-order valence-corrected chi connectivity index (χ2v) is 7.01. The quantitative estimate of drug-likeness (QED) is 0.775. The summed E-state index contributed by atoms with van der Waals surface area (Å²) in [5.41, 5.74) is -1.09. The molecule has 0 aromatic heterocycles. The number of carbonyl (C=O) groups excluding carboxylic acids is 1. The molecule has 3 nitrogen and oxygen atoms in total. The lowest BCUT2D eigenvalue weighted by Crippen LogP contribution is -2.48. The standard InChI is InChI=1S/C14H27FN2O/c1-13(2,3)11-14(15)6-8-17(9-7-14)12(18)10-16(4)5/h6-11H2,1-5H3. The van der Waals surface area contributed by atoms with E-state index in [1.165, 1.54) is 0 Å². The van der Waals surface area contributed by atoms with Gasteiger partial charge in [0.25, 0.3) is 0 Å². The van der Waals surface area contributed by atoms with E-state index in [0.29, 0.717) is 38.9 Å². The Bertz CT molecular complexity index is 289. The van der Waals surface area contributed by atoms with Gasteiger partial charge in [0.05, 0.1) is 6.54 Å². The van der Waals surface area contributed by atoms with Gasteiger partial charge in [-0.2, -0.15) is 0 Å². The highest BCUT2D eigenvalue weighted by Gasteiger charge is 2.38. The molecular weight excluding hydrogens is 231 g/mol. The largest absolute Gasteiger partial charge is 0.341 e. The number of nitrogens with zero attached hydrogens (tertiary/aromatic N) is 2. The summed E-state index contributed by atoms with van der Waals surface area (Å²) in [6, 6.07) is 0. The van der Waals surface area contributed by atoms with Crippen LogP contribution in [0.1, 0.15) is 40.0 Å². The van der Waals surface area contributed by atoms with E-state index in [2.05, 4.69) is 20.8 Å². The molecular formula is C14H27FN2O. The fourth-order valence-corrected chi connectivity index (χ4v) is 2.65. The van der Waals surface area contributed by atoms with Gasteiger partial charge in [-0.25, -0.2) is 4.39 Å². The Morgan fingerprint density at radius 3 is 2.17 bits per heavy atom. The van der Waals surface area contributed by atoms with Crippen LogP contribution in [0.5, 0.6) is 0 Å². The van der Waals surface area contributed by atoms with Crippen LogP contribution in [0.15, 0.2) is 0 Å². The number of halogens is 1. The van der Waals surface area contributed by atoms with Crippen molar-refractivity contribution in [1.82, 2.24) is 9.80 Å². The first-order valence-electron chi connectivity index (χ1n) is 6.73. The van der Waals surface area contributed by atoms with Crippen LogP contribution in [0.4, 0.5) is 4.39 Å². The predicted octanol–water partition coefficient (Wildman–Crippen LogP) is 2.31. The molecule has 4 heteroatoms. The molecule has 106 valence electrons. The second-order valence-electron chi connectivity index (χ2n) is 7.01. The number of hydrogen-bond donors (Lipinski definition) is 0. The lowest BCUT2D eigenvalue weighted by molar-refractivity contribution is -0.134. The number of piperidine rings is 1. The van der Waals surface area contributed by atoms with Gasteiger partial charge < -0.3 is 9.80 Å². The van der Waals surface area contributed by atoms with Gasteiger partial charge in [-0.05, 0) is 38.8 Å². The van der Waals surface area contributed by atoms with Gasteiger partial charge in [0, 0.05) is 13.1 Å². The monoisotopic (exact) mass is 258 g/mol. The molecule has 0 aliphatic carbocycles. The van der Waals surface area contributed by atoms with Crippen molar-refractivity contribution in [3.05, 3.63) is 0 Å². The molecule has 0 saturated carbocycles. The minimum absolute atomic E-state index is 0.00453. The highest BCUT2D eigenvalue weighted by atomic mass is 19.1. The average molecular weight is 258 g/mol. The summed E-state index contributed by atoms with van der Waals surface area (Å²) in [4.78, 5) is 15.5. The number of alkyl halides is 1. The Morgan fingerprint density at radius 1 is 1.28 bits per heavy atom. The first-order chi connectivity index (χ1) is 8.11. The van der Waals surface area contributed by atoms with Gasteiger partial charge in [-0.3, -0.25) is 4.79 Å². The summed E-state index contributed by atoms with van der Waals surface area (Å²) >= 11 is 0. The lowest BCUT2D eigenvalue weighted by atomic mass is 9.78. The fourth-order valence-electron chi connectivity index (χ4n) is 2.65. The number of hydrogen-bond acceptors (Lipinski definition) is 2. The first-order valence-corrected chi connectivity index (χ1v) is 6.73. The van der Waals surface area contributed by atoms with Gasteiger partial charge in [0.1, 0.15) is 5.67 Å². The van der Waals surface area contributed by atoms with E-state index in [1.54, 1.807) is 4.90 Å². The normalized spacial score (nSPS) is 20.3. The summed E-state index contributed by atoms with van der Waals surface area (Å²) in [5, 5.41) is 0. The third kappa shape index (κ3) is 4.92. The SMILES string of the molecule is CN(C)CC(=O)N1CCC(F)(CC(C)(C)C)CC1. The molecule has 0 unspecified atom stereocenters. The van der Waals surface area contributed by atoms with E-state index in [0.717, 1.165) is 0 Å². The van der Waals surface area contributed by atoms with Gasteiger partial charge >= 0.3 is 0 Å². The zero-order valence-electron chi connectivity index (χ0n) is 12.4. The average Bonchev–Trinajstić information content (AvgIpc) is 2.13. The molecule has 1 fully saturated rings. The maximum atomic E-state index is 14.6. The van der Waals surface area contributed by atoms with Crippen molar-refractivity contribution in [3.8, 4) is 0 Å². The molecule has 1 heterocycles. The molecule has 1 saturated heterocycles. The zero-order chi connectivity index (χ0) is 14.0. The number of likely N-dealkylation sites (N-methyl/N-ethyl adjacent to an activating group) is 1. The maximum Gasteiger partial charge on any atom is 0.236 e. The van der Waals surface area contributed by atoms with Crippen molar-refractivity contribution in [3.63, 3.8) is 0 Å². The number of rotatable bonds is 3. The van der Waals surface area contributed by atoms with Crippen molar-refractivity contribution in [2.24, 2.45) is 5.41 Å². The minimum atomic E-state index is -1.09. The molecule has 0 aromatic rings. The Balaban J connectivity index is 2.47. The minimum Gasteiger partial charge on any atom is -0.341 e. The topological polar surface area (TPSA) is 23.6 Å². The Labute approximate surface area is 110 Å². The lowest BCUT2D eigenvalue weighted by Gasteiger charge is -2.39. The number of amides is 1. The van der Waals surface area contributed by atoms with E-state index in [4.69, 9.17) is 0 Å². The van der Waals surface area contributed by atoms with Gasteiger partial charge in [-0.1, -0.05) is 20.8 Å². The van der Waals surface area contributed by atoms with Gasteiger partial charge in [0.15, 0.2) is 0 Å². The Hall–Kier alpha value is -0.640. The van der Waals surface area contributed by atoms with E-state index in [-0.39, 0.29) is 11.3 Å². The van der Waals surface area contributed by atoms with Gasteiger partial charge in [-0.15, -0.1) is 0 Å². The highest BCUT2D eigenvalue weighted by Crippen LogP contribution is 2.37. The molecule has 1 aliphatic rings. The molecule has 0 aromatic carbocycles. The van der Waals surface area contributed by atoms with Crippen molar-refractivity contribution >= 4 is 5.91 Å². The van der Waals surface area contributed by atoms with E-state index >= 15 is 0 Å². The summed E-state index contributed by atoms with van der Waals surface area (Å²) in [6.45, 7) is 7.73. The van der Waals surface area contributed by atoms with Crippen LogP contribution in [0.25, 0.3) is 0 Å². The van der Waals surface area contributed by atoms with Crippen LogP contribution in [-0.4, -0.2) is 55.1 Å². The van der Waals surface area contributed by atoms with Crippen LogP contribution in [0, 0.1) is 5.41 Å². The highest BCUT2D eigenvalue weighted by molar-refractivity contribution is 5.78.